The van der Waals surface area contributed by atoms with E-state index in [-0.39, 0.29) is 10.6 Å². The maximum absolute atomic E-state index is 11.3. The smallest absolute Gasteiger partial charge is 0.240 e. The molecule has 0 fully saturated rings. The number of anilines is 2. The highest BCUT2D eigenvalue weighted by Gasteiger charge is 2.13. The second-order valence-electron chi connectivity index (χ2n) is 4.25. The van der Waals surface area contributed by atoms with E-state index in [1.54, 1.807) is 24.7 Å². The van der Waals surface area contributed by atoms with Crippen LogP contribution >= 0.6 is 0 Å². The summed E-state index contributed by atoms with van der Waals surface area (Å²) in [4.78, 5) is 1.86. The van der Waals surface area contributed by atoms with Gasteiger partial charge in [0.05, 0.1) is 18.2 Å². The van der Waals surface area contributed by atoms with Gasteiger partial charge in [0.2, 0.25) is 10.0 Å². The van der Waals surface area contributed by atoms with Gasteiger partial charge < -0.3 is 15.1 Å². The van der Waals surface area contributed by atoms with Crippen LogP contribution in [0.25, 0.3) is 0 Å². The molecule has 0 amide bonds. The highest BCUT2D eigenvalue weighted by atomic mass is 32.2. The lowest BCUT2D eigenvalue weighted by atomic mass is 10.2. The molecule has 0 aliphatic rings. The van der Waals surface area contributed by atoms with Gasteiger partial charge in [0.1, 0.15) is 4.90 Å². The molecule has 2 aromatic rings. The molecule has 102 valence electrons. The molecule has 0 radical (unpaired) electrons. The highest BCUT2D eigenvalue weighted by molar-refractivity contribution is 7.89. The van der Waals surface area contributed by atoms with E-state index in [9.17, 15) is 8.42 Å². The minimum Gasteiger partial charge on any atom is -0.472 e. The maximum atomic E-state index is 11.3. The molecule has 4 N–H and O–H groups in total. The molecule has 0 spiro atoms. The number of nitrogens with two attached hydrogens (primary N) is 2. The van der Waals surface area contributed by atoms with E-state index >= 15 is 0 Å². The molecule has 0 atom stereocenters. The van der Waals surface area contributed by atoms with Crippen LogP contribution in [0.4, 0.5) is 11.4 Å². The predicted molar refractivity (Wildman–Crippen MR) is 73.0 cm³/mol. The molecule has 0 aliphatic heterocycles. The summed E-state index contributed by atoms with van der Waals surface area (Å²) in [6.07, 6.45) is 3.25. The van der Waals surface area contributed by atoms with Crippen molar-refractivity contribution >= 4 is 21.4 Å². The summed E-state index contributed by atoms with van der Waals surface area (Å²) in [5, 5.41) is 5.06. The average molecular weight is 281 g/mol. The Labute approximate surface area is 111 Å². The molecule has 0 saturated heterocycles. The van der Waals surface area contributed by atoms with Crippen molar-refractivity contribution in [2.24, 2.45) is 5.14 Å². The van der Waals surface area contributed by atoms with Crippen LogP contribution in [0.1, 0.15) is 5.56 Å². The average Bonchev–Trinajstić information content (AvgIpc) is 2.79. The van der Waals surface area contributed by atoms with Gasteiger partial charge in [-0.1, -0.05) is 0 Å². The topological polar surface area (TPSA) is 103 Å². The second-order valence-corrected chi connectivity index (χ2v) is 5.78. The zero-order chi connectivity index (χ0) is 14.0. The molecule has 0 aliphatic carbocycles. The van der Waals surface area contributed by atoms with Crippen LogP contribution in [0.15, 0.2) is 46.1 Å². The number of rotatable bonds is 4. The summed E-state index contributed by atoms with van der Waals surface area (Å²) in [6, 6.07) is 6.51. The van der Waals surface area contributed by atoms with Crippen LogP contribution < -0.4 is 15.8 Å². The molecule has 6 nitrogen and oxygen atoms in total. The van der Waals surface area contributed by atoms with Crippen LogP contribution in [-0.4, -0.2) is 15.5 Å². The lowest BCUT2D eigenvalue weighted by Gasteiger charge is -2.19. The fourth-order valence-electron chi connectivity index (χ4n) is 1.78. The van der Waals surface area contributed by atoms with Crippen molar-refractivity contribution in [3.63, 3.8) is 0 Å². The fourth-order valence-corrected chi connectivity index (χ4v) is 2.43. The first-order valence-electron chi connectivity index (χ1n) is 5.52. The number of furan rings is 1. The van der Waals surface area contributed by atoms with Gasteiger partial charge in [-0.25, -0.2) is 13.6 Å². The monoisotopic (exact) mass is 281 g/mol. The molecule has 1 heterocycles. The Morgan fingerprint density at radius 3 is 2.58 bits per heavy atom. The Kier molecular flexibility index (Phi) is 3.50. The molecule has 19 heavy (non-hydrogen) atoms. The first-order valence-corrected chi connectivity index (χ1v) is 7.07. The predicted octanol–water partition coefficient (Wildman–Crippen LogP) is 1.15. The SMILES string of the molecule is CN(Cc1ccoc1)c1ccc(S(N)(=O)=O)c(N)c1. The summed E-state index contributed by atoms with van der Waals surface area (Å²) in [5.74, 6) is 0. The van der Waals surface area contributed by atoms with E-state index in [1.807, 2.05) is 18.0 Å². The van der Waals surface area contributed by atoms with Gasteiger partial charge in [-0.3, -0.25) is 0 Å². The number of sulfonamides is 1. The third kappa shape index (κ3) is 3.07. The first-order chi connectivity index (χ1) is 8.88. The van der Waals surface area contributed by atoms with Crippen molar-refractivity contribution in [2.75, 3.05) is 17.7 Å². The Hall–Kier alpha value is -1.99. The number of primary sulfonamides is 1. The maximum Gasteiger partial charge on any atom is 0.240 e. The van der Waals surface area contributed by atoms with E-state index in [1.165, 1.54) is 6.07 Å². The quantitative estimate of drug-likeness (QED) is 0.818. The summed E-state index contributed by atoms with van der Waals surface area (Å²) in [5.41, 5.74) is 7.66. The molecule has 7 heteroatoms. The van der Waals surface area contributed by atoms with Crippen molar-refractivity contribution in [3.8, 4) is 0 Å². The molecule has 1 aromatic carbocycles. The molecule has 1 aromatic heterocycles. The van der Waals surface area contributed by atoms with E-state index in [0.717, 1.165) is 11.3 Å². The van der Waals surface area contributed by atoms with Crippen LogP contribution in [0.5, 0.6) is 0 Å². The fraction of sp³-hybridized carbons (Fsp3) is 0.167. The molecular formula is C12H15N3O3S. The van der Waals surface area contributed by atoms with Crippen molar-refractivity contribution in [3.05, 3.63) is 42.4 Å². The highest BCUT2D eigenvalue weighted by Crippen LogP contribution is 2.24. The van der Waals surface area contributed by atoms with Gasteiger partial charge >= 0.3 is 0 Å². The third-order valence-electron chi connectivity index (χ3n) is 2.74. The van der Waals surface area contributed by atoms with Crippen LogP contribution in [0.3, 0.4) is 0 Å². The van der Waals surface area contributed by atoms with Crippen molar-refractivity contribution in [1.29, 1.82) is 0 Å². The van der Waals surface area contributed by atoms with Crippen molar-refractivity contribution in [2.45, 2.75) is 11.4 Å². The number of hydrogen-bond donors (Lipinski definition) is 2. The molecule has 0 bridgehead atoms. The Balaban J connectivity index is 2.25. The Morgan fingerprint density at radius 1 is 1.32 bits per heavy atom. The number of nitrogen functional groups attached to an aromatic ring is 1. The van der Waals surface area contributed by atoms with Gasteiger partial charge in [-0.05, 0) is 24.3 Å². The largest absolute Gasteiger partial charge is 0.472 e. The van der Waals surface area contributed by atoms with Gasteiger partial charge in [0.15, 0.2) is 0 Å². The number of hydrogen-bond acceptors (Lipinski definition) is 5. The van der Waals surface area contributed by atoms with Gasteiger partial charge in [-0.2, -0.15) is 0 Å². The van der Waals surface area contributed by atoms with Gasteiger partial charge in [0, 0.05) is 24.8 Å². The van der Waals surface area contributed by atoms with Crippen molar-refractivity contribution < 1.29 is 12.8 Å². The summed E-state index contributed by atoms with van der Waals surface area (Å²) in [7, 11) is -1.91. The summed E-state index contributed by atoms with van der Waals surface area (Å²) >= 11 is 0. The zero-order valence-electron chi connectivity index (χ0n) is 10.4. The van der Waals surface area contributed by atoms with E-state index in [4.69, 9.17) is 15.3 Å². The lowest BCUT2D eigenvalue weighted by molar-refractivity contribution is 0.563. The Morgan fingerprint density at radius 2 is 2.05 bits per heavy atom. The zero-order valence-corrected chi connectivity index (χ0v) is 11.2. The van der Waals surface area contributed by atoms with Crippen LogP contribution in [-0.2, 0) is 16.6 Å². The standard InChI is InChI=1S/C12H15N3O3S/c1-15(7-9-4-5-18-8-9)10-2-3-12(11(13)6-10)19(14,16)17/h2-6,8H,7,13H2,1H3,(H2,14,16,17). The normalized spacial score (nSPS) is 11.5. The molecular weight excluding hydrogens is 266 g/mol. The van der Waals surface area contributed by atoms with Crippen LogP contribution in [0, 0.1) is 0 Å². The third-order valence-corrected chi connectivity index (χ3v) is 3.73. The second kappa shape index (κ2) is 4.94. The summed E-state index contributed by atoms with van der Waals surface area (Å²) < 4.78 is 27.5. The van der Waals surface area contributed by atoms with Crippen LogP contribution in [0.2, 0.25) is 0 Å². The first kappa shape index (κ1) is 13.4. The minimum absolute atomic E-state index is 0.0621. The minimum atomic E-state index is -3.78. The van der Waals surface area contributed by atoms with Crippen molar-refractivity contribution in [1.82, 2.24) is 0 Å². The number of benzene rings is 1. The van der Waals surface area contributed by atoms with Gasteiger partial charge in [0.25, 0.3) is 0 Å². The van der Waals surface area contributed by atoms with E-state index in [2.05, 4.69) is 0 Å². The lowest BCUT2D eigenvalue weighted by Crippen LogP contribution is -2.18. The van der Waals surface area contributed by atoms with E-state index in [0.29, 0.717) is 6.54 Å². The van der Waals surface area contributed by atoms with Gasteiger partial charge in [-0.15, -0.1) is 0 Å². The molecule has 0 unspecified atom stereocenters. The van der Waals surface area contributed by atoms with E-state index < -0.39 is 10.0 Å². The number of nitrogens with zero attached hydrogens (tertiary/aromatic N) is 1. The summed E-state index contributed by atoms with van der Waals surface area (Å²) in [6.45, 7) is 0.630. The Bertz CT molecular complexity index is 666. The molecule has 2 rings (SSSR count). The molecule has 0 saturated carbocycles.